The molecule has 0 bridgehead atoms. The molecule has 0 fully saturated rings. The summed E-state index contributed by atoms with van der Waals surface area (Å²) in [6, 6.07) is 3.76. The number of aromatic nitrogens is 3. The molecular weight excluding hydrogens is 192 g/mol. The van der Waals surface area contributed by atoms with Gasteiger partial charge in [0, 0.05) is 18.0 Å². The Hall–Kier alpha value is -1.75. The predicted octanol–water partition coefficient (Wildman–Crippen LogP) is 1.41. The van der Waals surface area contributed by atoms with Crippen molar-refractivity contribution in [1.29, 1.82) is 0 Å². The smallest absolute Gasteiger partial charge is 0.258 e. The highest BCUT2D eigenvalue weighted by Crippen LogP contribution is 2.17. The third-order valence-corrected chi connectivity index (χ3v) is 2.19. The normalized spacial score (nSPS) is 12.7. The van der Waals surface area contributed by atoms with Crippen LogP contribution in [-0.4, -0.2) is 22.2 Å². The second kappa shape index (κ2) is 4.18. The van der Waals surface area contributed by atoms with Gasteiger partial charge < -0.3 is 9.84 Å². The Kier molecular flexibility index (Phi) is 2.73. The van der Waals surface area contributed by atoms with Gasteiger partial charge in [0.25, 0.3) is 5.89 Å². The van der Waals surface area contributed by atoms with E-state index in [-0.39, 0.29) is 6.04 Å². The zero-order chi connectivity index (χ0) is 10.7. The van der Waals surface area contributed by atoms with Gasteiger partial charge in [0.15, 0.2) is 5.82 Å². The van der Waals surface area contributed by atoms with Crippen LogP contribution in [0.1, 0.15) is 18.8 Å². The molecule has 0 saturated carbocycles. The lowest BCUT2D eigenvalue weighted by Crippen LogP contribution is -2.13. The Morgan fingerprint density at radius 3 is 2.73 bits per heavy atom. The third kappa shape index (κ3) is 2.02. The maximum Gasteiger partial charge on any atom is 0.258 e. The molecule has 15 heavy (non-hydrogen) atoms. The van der Waals surface area contributed by atoms with Crippen molar-refractivity contribution in [2.45, 2.75) is 13.0 Å². The van der Waals surface area contributed by atoms with Gasteiger partial charge in [0.05, 0.1) is 6.04 Å². The first-order chi connectivity index (χ1) is 7.31. The first-order valence-corrected chi connectivity index (χ1v) is 4.72. The maximum atomic E-state index is 5.14. The van der Waals surface area contributed by atoms with Crippen LogP contribution < -0.4 is 5.32 Å². The van der Waals surface area contributed by atoms with E-state index in [4.69, 9.17) is 4.52 Å². The van der Waals surface area contributed by atoms with E-state index >= 15 is 0 Å². The Morgan fingerprint density at radius 1 is 1.33 bits per heavy atom. The summed E-state index contributed by atoms with van der Waals surface area (Å²) in [7, 11) is 1.85. The maximum absolute atomic E-state index is 5.14. The van der Waals surface area contributed by atoms with Crippen molar-refractivity contribution >= 4 is 0 Å². The molecule has 5 heteroatoms. The zero-order valence-electron chi connectivity index (χ0n) is 8.64. The van der Waals surface area contributed by atoms with E-state index in [2.05, 4.69) is 20.4 Å². The van der Waals surface area contributed by atoms with Gasteiger partial charge in [-0.25, -0.2) is 0 Å². The quantitative estimate of drug-likeness (QED) is 0.819. The van der Waals surface area contributed by atoms with Crippen molar-refractivity contribution in [3.63, 3.8) is 0 Å². The summed E-state index contributed by atoms with van der Waals surface area (Å²) < 4.78 is 5.14. The Bertz CT molecular complexity index is 426. The lowest BCUT2D eigenvalue weighted by atomic mass is 10.3. The first kappa shape index (κ1) is 9.79. The largest absolute Gasteiger partial charge is 0.334 e. The summed E-state index contributed by atoms with van der Waals surface area (Å²) in [5, 5.41) is 6.94. The average molecular weight is 204 g/mol. The van der Waals surface area contributed by atoms with E-state index in [9.17, 15) is 0 Å². The van der Waals surface area contributed by atoms with Gasteiger partial charge in [-0.05, 0) is 26.1 Å². The summed E-state index contributed by atoms with van der Waals surface area (Å²) in [5.41, 5.74) is 0.882. The van der Waals surface area contributed by atoms with Crippen LogP contribution in [0.5, 0.6) is 0 Å². The van der Waals surface area contributed by atoms with E-state index < -0.39 is 0 Å². The van der Waals surface area contributed by atoms with Gasteiger partial charge >= 0.3 is 0 Å². The standard InChI is InChI=1S/C10H12N4O/c1-7(11-2)9-13-10(15-14-9)8-3-5-12-6-4-8/h3-7,11H,1-2H3. The van der Waals surface area contributed by atoms with Gasteiger partial charge in [0.1, 0.15) is 0 Å². The second-order valence-corrected chi connectivity index (χ2v) is 3.20. The van der Waals surface area contributed by atoms with Gasteiger partial charge in [-0.1, -0.05) is 5.16 Å². The summed E-state index contributed by atoms with van der Waals surface area (Å²) in [6.07, 6.45) is 3.39. The monoisotopic (exact) mass is 204 g/mol. The fraction of sp³-hybridized carbons (Fsp3) is 0.300. The molecule has 2 aromatic heterocycles. The molecule has 2 aromatic rings. The Balaban J connectivity index is 2.28. The number of rotatable bonds is 3. The summed E-state index contributed by atoms with van der Waals surface area (Å²) in [6.45, 7) is 1.97. The number of hydrogen-bond acceptors (Lipinski definition) is 5. The van der Waals surface area contributed by atoms with Crippen LogP contribution in [0.25, 0.3) is 11.5 Å². The topological polar surface area (TPSA) is 63.8 Å². The number of nitrogens with zero attached hydrogens (tertiary/aromatic N) is 3. The van der Waals surface area contributed by atoms with Crippen LogP contribution in [-0.2, 0) is 0 Å². The third-order valence-electron chi connectivity index (χ3n) is 2.19. The van der Waals surface area contributed by atoms with E-state index in [0.717, 1.165) is 5.56 Å². The van der Waals surface area contributed by atoms with Crippen molar-refractivity contribution in [1.82, 2.24) is 20.4 Å². The van der Waals surface area contributed by atoms with E-state index in [1.165, 1.54) is 0 Å². The van der Waals surface area contributed by atoms with Crippen LogP contribution in [0.15, 0.2) is 29.0 Å². The predicted molar refractivity (Wildman–Crippen MR) is 55.0 cm³/mol. The molecule has 2 heterocycles. The van der Waals surface area contributed by atoms with E-state index in [1.807, 2.05) is 26.1 Å². The fourth-order valence-electron chi connectivity index (χ4n) is 1.15. The molecule has 0 aliphatic rings. The average Bonchev–Trinajstić information content (AvgIpc) is 2.78. The number of hydrogen-bond donors (Lipinski definition) is 1. The van der Waals surface area contributed by atoms with Crippen molar-refractivity contribution < 1.29 is 4.52 Å². The van der Waals surface area contributed by atoms with Crippen LogP contribution in [0.4, 0.5) is 0 Å². The van der Waals surface area contributed by atoms with Crippen LogP contribution >= 0.6 is 0 Å². The molecule has 2 rings (SSSR count). The van der Waals surface area contributed by atoms with E-state index in [0.29, 0.717) is 11.7 Å². The molecule has 0 aliphatic heterocycles. The van der Waals surface area contributed by atoms with Gasteiger partial charge in [0.2, 0.25) is 0 Å². The van der Waals surface area contributed by atoms with Crippen molar-refractivity contribution in [2.24, 2.45) is 0 Å². The fourth-order valence-corrected chi connectivity index (χ4v) is 1.15. The van der Waals surface area contributed by atoms with Gasteiger partial charge in [-0.3, -0.25) is 4.98 Å². The Morgan fingerprint density at radius 2 is 2.07 bits per heavy atom. The molecule has 0 aliphatic carbocycles. The molecule has 5 nitrogen and oxygen atoms in total. The summed E-state index contributed by atoms with van der Waals surface area (Å²) in [4.78, 5) is 8.21. The lowest BCUT2D eigenvalue weighted by molar-refractivity contribution is 0.413. The number of nitrogens with one attached hydrogen (secondary N) is 1. The first-order valence-electron chi connectivity index (χ1n) is 4.72. The minimum atomic E-state index is 0.0873. The molecule has 0 saturated heterocycles. The molecule has 1 unspecified atom stereocenters. The van der Waals surface area contributed by atoms with Crippen molar-refractivity contribution in [2.75, 3.05) is 7.05 Å². The molecule has 1 N–H and O–H groups in total. The van der Waals surface area contributed by atoms with Crippen LogP contribution in [0.3, 0.4) is 0 Å². The second-order valence-electron chi connectivity index (χ2n) is 3.20. The molecule has 0 aromatic carbocycles. The SMILES string of the molecule is CNC(C)c1noc(-c2ccncc2)n1. The highest BCUT2D eigenvalue weighted by Gasteiger charge is 2.12. The minimum absolute atomic E-state index is 0.0873. The van der Waals surface area contributed by atoms with Crippen molar-refractivity contribution in [3.05, 3.63) is 30.4 Å². The molecule has 0 amide bonds. The Labute approximate surface area is 87.5 Å². The van der Waals surface area contributed by atoms with Crippen LogP contribution in [0.2, 0.25) is 0 Å². The summed E-state index contributed by atoms with van der Waals surface area (Å²) >= 11 is 0. The van der Waals surface area contributed by atoms with Crippen molar-refractivity contribution in [3.8, 4) is 11.5 Å². The number of pyridine rings is 1. The molecule has 78 valence electrons. The van der Waals surface area contributed by atoms with Gasteiger partial charge in [-0.2, -0.15) is 4.98 Å². The van der Waals surface area contributed by atoms with E-state index in [1.54, 1.807) is 12.4 Å². The van der Waals surface area contributed by atoms with Gasteiger partial charge in [-0.15, -0.1) is 0 Å². The zero-order valence-corrected chi connectivity index (χ0v) is 8.64. The minimum Gasteiger partial charge on any atom is -0.334 e. The molecule has 0 spiro atoms. The molecule has 1 atom stereocenters. The molecule has 0 radical (unpaired) electrons. The lowest BCUT2D eigenvalue weighted by Gasteiger charge is -2.01. The summed E-state index contributed by atoms with van der Waals surface area (Å²) in [5.74, 6) is 1.18. The highest BCUT2D eigenvalue weighted by molar-refractivity contribution is 5.51. The highest BCUT2D eigenvalue weighted by atomic mass is 16.5. The molecular formula is C10H12N4O. The van der Waals surface area contributed by atoms with Crippen LogP contribution in [0, 0.1) is 0 Å².